The molecule has 0 aliphatic rings. The van der Waals surface area contributed by atoms with Gasteiger partial charge in [-0.05, 0) is 41.4 Å². The summed E-state index contributed by atoms with van der Waals surface area (Å²) in [5, 5.41) is 19.2. The minimum absolute atomic E-state index is 0. The maximum atomic E-state index is 11.6. The minimum atomic E-state index is -4.11. The van der Waals surface area contributed by atoms with E-state index in [1.54, 1.807) is 6.07 Å². The fraction of sp³-hybridized carbons (Fsp3) is 0.200. The number of halogens is 7. The summed E-state index contributed by atoms with van der Waals surface area (Å²) in [5.41, 5.74) is 0.951. The van der Waals surface area contributed by atoms with E-state index in [0.717, 1.165) is 0 Å². The molecule has 0 aliphatic heterocycles. The average Bonchev–Trinajstić information content (AvgIpc) is 2.93. The molecule has 0 unspecified atom stereocenters. The minimum Gasteiger partial charge on any atom is -1.00 e. The van der Waals surface area contributed by atoms with Crippen LogP contribution in [0.5, 0.6) is 11.6 Å². The number of pyridine rings is 2. The number of aliphatic hydroxyl groups excluding tert-OH is 1. The number of aldehydes is 2. The van der Waals surface area contributed by atoms with Crippen molar-refractivity contribution < 1.29 is 121 Å². The molecule has 0 aliphatic carbocycles. The zero-order valence-electron chi connectivity index (χ0n) is 25.3. The van der Waals surface area contributed by atoms with E-state index in [9.17, 15) is 40.7 Å². The van der Waals surface area contributed by atoms with Crippen molar-refractivity contribution in [3.8, 4) is 17.7 Å². The molecule has 0 spiro atoms. The molecule has 11 nitrogen and oxygen atoms in total. The number of aliphatic carboxylic acids is 1. The van der Waals surface area contributed by atoms with Crippen LogP contribution in [0.3, 0.4) is 0 Å². The molecule has 0 saturated heterocycles. The van der Waals surface area contributed by atoms with Crippen LogP contribution in [0.15, 0.2) is 65.7 Å². The van der Waals surface area contributed by atoms with Crippen molar-refractivity contribution in [2.24, 2.45) is 0 Å². The van der Waals surface area contributed by atoms with E-state index in [0.29, 0.717) is 29.3 Å². The van der Waals surface area contributed by atoms with Gasteiger partial charge in [-0.25, -0.2) is 9.78 Å². The van der Waals surface area contributed by atoms with Crippen molar-refractivity contribution in [1.82, 2.24) is 9.97 Å². The molecule has 3 rings (SSSR count). The van der Waals surface area contributed by atoms with Gasteiger partial charge in [0, 0.05) is 51.0 Å². The summed E-state index contributed by atoms with van der Waals surface area (Å²) in [6.07, 6.45) is 3.93. The van der Waals surface area contributed by atoms with Gasteiger partial charge in [0.2, 0.25) is 11.4 Å². The molecule has 0 atom stereocenters. The van der Waals surface area contributed by atoms with Crippen molar-refractivity contribution in [3.05, 3.63) is 88.0 Å². The van der Waals surface area contributed by atoms with Crippen molar-refractivity contribution in [2.75, 3.05) is 0 Å². The number of aliphatic hydroxyl groups is 1. The Bertz CT molecular complexity index is 1380. The SMILES string of the molecule is CC#N.O=C(O)C(F)(F)Cl.O=Cc1cc[nH]c(=O)c1.O=Cc1cccc(OC(F)F)c1.OCc1ccnc(OC(F)F)c1.[B].[H-].[Na+].[Na+]. The third kappa shape index (κ3) is 29.8. The second-order valence-electron chi connectivity index (χ2n) is 6.74. The summed E-state index contributed by atoms with van der Waals surface area (Å²) in [7, 11) is 0. The van der Waals surface area contributed by atoms with Crippen LogP contribution in [0.2, 0.25) is 0 Å². The molecule has 0 saturated carbocycles. The number of carboxylic acids is 1. The Labute approximate surface area is 310 Å². The molecule has 2 aromatic heterocycles. The molecule has 0 fully saturated rings. The van der Waals surface area contributed by atoms with E-state index in [2.05, 4.69) is 31.0 Å². The first-order chi connectivity index (χ1) is 20.1. The zero-order chi connectivity index (χ0) is 33.4. The molecule has 21 heteroatoms. The molecule has 239 valence electrons. The number of nitriles is 1. The number of hydrogen-bond acceptors (Lipinski definition) is 9. The van der Waals surface area contributed by atoms with Gasteiger partial charge in [-0.2, -0.15) is 31.6 Å². The van der Waals surface area contributed by atoms with E-state index in [1.165, 1.54) is 67.8 Å². The Morgan fingerprint density at radius 3 is 1.96 bits per heavy atom. The van der Waals surface area contributed by atoms with Gasteiger partial charge in [-0.1, -0.05) is 12.1 Å². The predicted octanol–water partition coefficient (Wildman–Crippen LogP) is -1.36. The Morgan fingerprint density at radius 2 is 1.57 bits per heavy atom. The number of carbonyl (C=O) groups is 3. The maximum absolute atomic E-state index is 11.6. The van der Waals surface area contributed by atoms with Gasteiger partial charge >= 0.3 is 83.7 Å². The van der Waals surface area contributed by atoms with Crippen LogP contribution in [0.25, 0.3) is 0 Å². The standard InChI is InChI=1S/C8H6F2O2.C7H7F2NO2.C6H5NO2.C2HClF2O2.C2H3N.B.2Na.H/c9-8(10)12-7-3-1-2-6(4-7)5-11;8-7(9)12-6-3-5(4-11)1-2-10-6;8-4-5-1-2-7-6(9)3-5;3-2(4,5)1(6)7;1-2-3;;;;/h1-5,8H;1-3,7,11H,4H2;1-4H,(H,7,9);(H,6,7);1H3;;;;/q;;;;;;2*+1;-1. The normalized spacial score (nSPS) is 8.91. The van der Waals surface area contributed by atoms with Crippen LogP contribution in [-0.2, 0) is 11.4 Å². The second kappa shape index (κ2) is 30.8. The molecule has 0 bridgehead atoms. The molecule has 46 heavy (non-hydrogen) atoms. The van der Waals surface area contributed by atoms with Gasteiger partial charge in [0.25, 0.3) is 0 Å². The van der Waals surface area contributed by atoms with Gasteiger partial charge < -0.3 is 26.1 Å². The topological polar surface area (TPSA) is 180 Å². The molecular formula is C25H23BClF6N3Na2O8+. The van der Waals surface area contributed by atoms with Gasteiger partial charge in [0.05, 0.1) is 12.7 Å². The van der Waals surface area contributed by atoms with Crippen molar-refractivity contribution in [1.29, 1.82) is 5.26 Å². The van der Waals surface area contributed by atoms with E-state index >= 15 is 0 Å². The fourth-order valence-electron chi connectivity index (χ4n) is 2.00. The first-order valence-corrected chi connectivity index (χ1v) is 11.3. The van der Waals surface area contributed by atoms with E-state index in [-0.39, 0.29) is 92.7 Å². The summed E-state index contributed by atoms with van der Waals surface area (Å²) in [4.78, 5) is 45.7. The zero-order valence-corrected chi connectivity index (χ0v) is 29.0. The number of benzene rings is 1. The number of rotatable bonds is 8. The Morgan fingerprint density at radius 1 is 1.07 bits per heavy atom. The number of nitrogens with zero attached hydrogens (tertiary/aromatic N) is 2. The van der Waals surface area contributed by atoms with Gasteiger partial charge in [-0.3, -0.25) is 14.4 Å². The molecule has 3 aromatic rings. The first kappa shape index (κ1) is 52.6. The Kier molecular flexibility index (Phi) is 35.2. The number of carbonyl (C=O) groups excluding carboxylic acids is 2. The molecule has 1 aromatic carbocycles. The van der Waals surface area contributed by atoms with Gasteiger partial charge in [0.1, 0.15) is 18.3 Å². The maximum Gasteiger partial charge on any atom is 1.00 e. The van der Waals surface area contributed by atoms with Crippen LogP contribution >= 0.6 is 11.6 Å². The van der Waals surface area contributed by atoms with Crippen molar-refractivity contribution in [3.63, 3.8) is 0 Å². The largest absolute Gasteiger partial charge is 1.00 e. The van der Waals surface area contributed by atoms with E-state index in [4.69, 9.17) is 20.3 Å². The number of aromatic nitrogens is 2. The number of H-pyrrole nitrogens is 1. The van der Waals surface area contributed by atoms with Crippen LogP contribution in [0.1, 0.15) is 34.6 Å². The van der Waals surface area contributed by atoms with Crippen LogP contribution in [-0.4, -0.2) is 65.7 Å². The number of ether oxygens (including phenoxy) is 2. The van der Waals surface area contributed by atoms with E-state index in [1.807, 2.05) is 0 Å². The van der Waals surface area contributed by atoms with Crippen molar-refractivity contribution in [2.45, 2.75) is 32.1 Å². The van der Waals surface area contributed by atoms with Crippen LogP contribution in [0.4, 0.5) is 26.3 Å². The summed E-state index contributed by atoms with van der Waals surface area (Å²) >= 11 is 3.94. The summed E-state index contributed by atoms with van der Waals surface area (Å²) in [6.45, 7) is -4.53. The van der Waals surface area contributed by atoms with Gasteiger partial charge in [0.15, 0.2) is 0 Å². The molecule has 2 heterocycles. The molecule has 0 amide bonds. The Balaban J connectivity index is -0.000000115. The predicted molar refractivity (Wildman–Crippen MR) is 144 cm³/mol. The summed E-state index contributed by atoms with van der Waals surface area (Å²) < 4.78 is 76.6. The number of nitrogens with one attached hydrogen (secondary N) is 1. The van der Waals surface area contributed by atoms with Crippen molar-refractivity contribution >= 4 is 38.6 Å². The summed E-state index contributed by atoms with van der Waals surface area (Å²) in [6, 6.07) is 12.9. The smallest absolute Gasteiger partial charge is 1.00 e. The number of hydrogen-bond donors (Lipinski definition) is 3. The second-order valence-corrected chi connectivity index (χ2v) is 7.21. The van der Waals surface area contributed by atoms with Gasteiger partial charge in [-0.15, -0.1) is 0 Å². The van der Waals surface area contributed by atoms with Crippen LogP contribution in [0, 0.1) is 11.3 Å². The number of alkyl halides is 7. The fourth-order valence-corrected chi connectivity index (χ4v) is 2.00. The van der Waals surface area contributed by atoms with E-state index < -0.39 is 24.6 Å². The third-order valence-corrected chi connectivity index (χ3v) is 3.75. The molecule has 3 radical (unpaired) electrons. The monoisotopic (exact) mass is 699 g/mol. The first-order valence-electron chi connectivity index (χ1n) is 10.9. The molecule has 3 N–H and O–H groups in total. The molecular weight excluding hydrogens is 677 g/mol. The third-order valence-electron chi connectivity index (χ3n) is 3.59. The summed E-state index contributed by atoms with van der Waals surface area (Å²) in [5.74, 6) is -2.51. The van der Waals surface area contributed by atoms with Crippen LogP contribution < -0.4 is 74.1 Å². The number of carboxylic acid groups (broad SMARTS) is 1. The average molecular weight is 700 g/mol. The number of aromatic amines is 1. The Hall–Kier alpha value is -2.89. The quantitative estimate of drug-likeness (QED) is 0.110.